The van der Waals surface area contributed by atoms with E-state index in [-0.39, 0.29) is 6.03 Å². The van der Waals surface area contributed by atoms with Crippen LogP contribution in [-0.4, -0.2) is 32.8 Å². The molecule has 5 nitrogen and oxygen atoms in total. The molecular formula is C18H23N3O2. The molecule has 0 fully saturated rings. The molecular weight excluding hydrogens is 290 g/mol. The quantitative estimate of drug-likeness (QED) is 0.824. The largest absolute Gasteiger partial charge is 0.497 e. The highest BCUT2D eigenvalue weighted by Gasteiger charge is 2.05. The number of urea groups is 1. The maximum atomic E-state index is 11.9. The molecule has 0 bridgehead atoms. The predicted octanol–water partition coefficient (Wildman–Crippen LogP) is 3.34. The summed E-state index contributed by atoms with van der Waals surface area (Å²) >= 11 is 0. The number of benzene rings is 2. The predicted molar refractivity (Wildman–Crippen MR) is 94.3 cm³/mol. The van der Waals surface area contributed by atoms with Crippen LogP contribution in [0.25, 0.3) is 0 Å². The molecule has 0 spiro atoms. The van der Waals surface area contributed by atoms with Gasteiger partial charge in [-0.3, -0.25) is 0 Å². The van der Waals surface area contributed by atoms with Gasteiger partial charge in [0.1, 0.15) is 5.75 Å². The van der Waals surface area contributed by atoms with E-state index in [1.54, 1.807) is 19.2 Å². The third-order valence-corrected chi connectivity index (χ3v) is 3.52. The lowest BCUT2D eigenvalue weighted by molar-refractivity contribution is 0.252. The highest BCUT2D eigenvalue weighted by molar-refractivity contribution is 5.89. The molecule has 0 aromatic heterocycles. The van der Waals surface area contributed by atoms with Gasteiger partial charge < -0.3 is 20.3 Å². The second-order valence-corrected chi connectivity index (χ2v) is 5.02. The zero-order valence-electron chi connectivity index (χ0n) is 13.6. The first-order valence-corrected chi connectivity index (χ1v) is 7.72. The summed E-state index contributed by atoms with van der Waals surface area (Å²) in [5.41, 5.74) is 1.89. The molecule has 2 N–H and O–H groups in total. The minimum atomic E-state index is -0.209. The first-order chi connectivity index (χ1) is 11.2. The van der Waals surface area contributed by atoms with E-state index < -0.39 is 0 Å². The fourth-order valence-corrected chi connectivity index (χ4v) is 2.26. The minimum Gasteiger partial charge on any atom is -0.497 e. The van der Waals surface area contributed by atoms with Crippen LogP contribution in [-0.2, 0) is 0 Å². The van der Waals surface area contributed by atoms with E-state index in [0.29, 0.717) is 6.54 Å². The van der Waals surface area contributed by atoms with Crippen molar-refractivity contribution in [2.45, 2.75) is 6.92 Å². The molecule has 0 aliphatic rings. The summed E-state index contributed by atoms with van der Waals surface area (Å²) in [7, 11) is 1.61. The van der Waals surface area contributed by atoms with Crippen LogP contribution in [0.4, 0.5) is 16.2 Å². The number of carbonyl (C=O) groups excluding carboxylic acids is 1. The number of rotatable bonds is 7. The summed E-state index contributed by atoms with van der Waals surface area (Å²) in [5, 5.41) is 5.67. The molecule has 122 valence electrons. The van der Waals surface area contributed by atoms with Crippen molar-refractivity contribution in [3.63, 3.8) is 0 Å². The molecule has 0 atom stereocenters. The average molecular weight is 313 g/mol. The zero-order chi connectivity index (χ0) is 16.5. The number of amides is 2. The fourth-order valence-electron chi connectivity index (χ4n) is 2.26. The van der Waals surface area contributed by atoms with Gasteiger partial charge in [-0.15, -0.1) is 0 Å². The zero-order valence-corrected chi connectivity index (χ0v) is 13.6. The third-order valence-electron chi connectivity index (χ3n) is 3.52. The number of carbonyl (C=O) groups is 1. The maximum Gasteiger partial charge on any atom is 0.319 e. The lowest BCUT2D eigenvalue weighted by Gasteiger charge is -2.23. The lowest BCUT2D eigenvalue weighted by atomic mass is 10.3. The number of hydrogen-bond acceptors (Lipinski definition) is 3. The highest BCUT2D eigenvalue weighted by atomic mass is 16.5. The lowest BCUT2D eigenvalue weighted by Crippen LogP contribution is -2.37. The standard InChI is InChI=1S/C18H23N3O2/c1-3-21(16-7-5-4-6-8-16)14-13-19-18(22)20-15-9-11-17(23-2)12-10-15/h4-12H,3,13-14H2,1-2H3,(H2,19,20,22). The van der Waals surface area contributed by atoms with Crippen molar-refractivity contribution in [3.8, 4) is 5.75 Å². The number of nitrogens with one attached hydrogen (secondary N) is 2. The number of hydrogen-bond donors (Lipinski definition) is 2. The topological polar surface area (TPSA) is 53.6 Å². The number of ether oxygens (including phenoxy) is 1. The Morgan fingerprint density at radius 2 is 1.78 bits per heavy atom. The van der Waals surface area contributed by atoms with E-state index >= 15 is 0 Å². The Bertz CT molecular complexity index is 599. The minimum absolute atomic E-state index is 0.209. The monoisotopic (exact) mass is 313 g/mol. The van der Waals surface area contributed by atoms with Crippen molar-refractivity contribution in [1.82, 2.24) is 5.32 Å². The molecule has 2 amide bonds. The number of likely N-dealkylation sites (N-methyl/N-ethyl adjacent to an activating group) is 1. The molecule has 0 saturated heterocycles. The van der Waals surface area contributed by atoms with Crippen LogP contribution < -0.4 is 20.3 Å². The molecule has 0 heterocycles. The van der Waals surface area contributed by atoms with Gasteiger partial charge in [0, 0.05) is 31.0 Å². The molecule has 2 aromatic rings. The van der Waals surface area contributed by atoms with E-state index in [1.807, 2.05) is 30.3 Å². The summed E-state index contributed by atoms with van der Waals surface area (Å²) in [4.78, 5) is 14.1. The molecule has 0 unspecified atom stereocenters. The Kier molecular flexibility index (Phi) is 6.29. The summed E-state index contributed by atoms with van der Waals surface area (Å²) in [6, 6.07) is 17.2. The summed E-state index contributed by atoms with van der Waals surface area (Å²) < 4.78 is 5.09. The maximum absolute atomic E-state index is 11.9. The van der Waals surface area contributed by atoms with Crippen LogP contribution in [0.15, 0.2) is 54.6 Å². The molecule has 2 rings (SSSR count). The van der Waals surface area contributed by atoms with E-state index in [1.165, 1.54) is 0 Å². The van der Waals surface area contributed by atoms with Gasteiger partial charge in [-0.1, -0.05) is 18.2 Å². The fraction of sp³-hybridized carbons (Fsp3) is 0.278. The van der Waals surface area contributed by atoms with Crippen LogP contribution in [0.3, 0.4) is 0 Å². The summed E-state index contributed by atoms with van der Waals surface area (Å²) in [5.74, 6) is 0.761. The van der Waals surface area contributed by atoms with Gasteiger partial charge in [0.2, 0.25) is 0 Å². The van der Waals surface area contributed by atoms with Gasteiger partial charge in [-0.2, -0.15) is 0 Å². The Labute approximate surface area is 137 Å². The SMILES string of the molecule is CCN(CCNC(=O)Nc1ccc(OC)cc1)c1ccccc1. The van der Waals surface area contributed by atoms with Gasteiger partial charge in [0.15, 0.2) is 0 Å². The summed E-state index contributed by atoms with van der Waals surface area (Å²) in [6.45, 7) is 4.33. The van der Waals surface area contributed by atoms with Gasteiger partial charge >= 0.3 is 6.03 Å². The third kappa shape index (κ3) is 5.21. The molecule has 0 radical (unpaired) electrons. The molecule has 5 heteroatoms. The Hall–Kier alpha value is -2.69. The van der Waals surface area contributed by atoms with Gasteiger partial charge in [0.25, 0.3) is 0 Å². The van der Waals surface area contributed by atoms with Crippen LogP contribution in [0, 0.1) is 0 Å². The van der Waals surface area contributed by atoms with Crippen LogP contribution in [0.1, 0.15) is 6.92 Å². The van der Waals surface area contributed by atoms with Crippen molar-refractivity contribution < 1.29 is 9.53 Å². The van der Waals surface area contributed by atoms with Gasteiger partial charge in [-0.25, -0.2) is 4.79 Å². The van der Waals surface area contributed by atoms with E-state index in [4.69, 9.17) is 4.74 Å². The van der Waals surface area contributed by atoms with E-state index in [2.05, 4.69) is 34.6 Å². The van der Waals surface area contributed by atoms with Gasteiger partial charge in [-0.05, 0) is 43.3 Å². The van der Waals surface area contributed by atoms with Crippen molar-refractivity contribution in [3.05, 3.63) is 54.6 Å². The highest BCUT2D eigenvalue weighted by Crippen LogP contribution is 2.15. The van der Waals surface area contributed by atoms with Crippen molar-refractivity contribution >= 4 is 17.4 Å². The number of para-hydroxylation sites is 1. The number of anilines is 2. The molecule has 0 saturated carbocycles. The van der Waals surface area contributed by atoms with Gasteiger partial charge in [0.05, 0.1) is 7.11 Å². The Balaban J connectivity index is 1.77. The van der Waals surface area contributed by atoms with Crippen LogP contribution >= 0.6 is 0 Å². The van der Waals surface area contributed by atoms with Crippen molar-refractivity contribution in [1.29, 1.82) is 0 Å². The Morgan fingerprint density at radius 3 is 2.39 bits per heavy atom. The normalized spacial score (nSPS) is 10.0. The van der Waals surface area contributed by atoms with E-state index in [0.717, 1.165) is 30.2 Å². The Morgan fingerprint density at radius 1 is 1.09 bits per heavy atom. The number of nitrogens with zero attached hydrogens (tertiary/aromatic N) is 1. The van der Waals surface area contributed by atoms with Crippen LogP contribution in [0.2, 0.25) is 0 Å². The first kappa shape index (κ1) is 16.7. The second kappa shape index (κ2) is 8.68. The molecule has 23 heavy (non-hydrogen) atoms. The van der Waals surface area contributed by atoms with Crippen molar-refractivity contribution in [2.75, 3.05) is 37.0 Å². The molecule has 2 aromatic carbocycles. The molecule has 0 aliphatic heterocycles. The average Bonchev–Trinajstić information content (AvgIpc) is 2.60. The number of methoxy groups -OCH3 is 1. The smallest absolute Gasteiger partial charge is 0.319 e. The van der Waals surface area contributed by atoms with Crippen molar-refractivity contribution in [2.24, 2.45) is 0 Å². The summed E-state index contributed by atoms with van der Waals surface area (Å²) in [6.07, 6.45) is 0. The first-order valence-electron chi connectivity index (χ1n) is 7.72. The van der Waals surface area contributed by atoms with E-state index in [9.17, 15) is 4.79 Å². The second-order valence-electron chi connectivity index (χ2n) is 5.02. The van der Waals surface area contributed by atoms with Crippen LogP contribution in [0.5, 0.6) is 5.75 Å². The molecule has 0 aliphatic carbocycles.